The molecule has 17 heavy (non-hydrogen) atoms. The minimum absolute atomic E-state index is 0.0326. The van der Waals surface area contributed by atoms with Crippen LogP contribution in [0.2, 0.25) is 0 Å². The molecular formula is C7H9F5O4P-. The molecular weight excluding hydrogens is 274 g/mol. The Bertz CT molecular complexity index is 318. The van der Waals surface area contributed by atoms with E-state index in [9.17, 15) is 31.4 Å². The third-order valence-corrected chi connectivity index (χ3v) is 3.15. The number of rotatable bonds is 2. The number of phosphoric acid groups is 1. The van der Waals surface area contributed by atoms with Gasteiger partial charge in [0.05, 0.1) is 12.7 Å². The monoisotopic (exact) mass is 283 g/mol. The Morgan fingerprint density at radius 3 is 2.41 bits per heavy atom. The van der Waals surface area contributed by atoms with Gasteiger partial charge in [0.2, 0.25) is 0 Å². The van der Waals surface area contributed by atoms with Crippen molar-refractivity contribution >= 4 is 7.82 Å². The van der Waals surface area contributed by atoms with Crippen LogP contribution in [0, 0.1) is 0 Å². The molecule has 0 saturated carbocycles. The molecule has 2 atom stereocenters. The van der Waals surface area contributed by atoms with Crippen LogP contribution in [0.25, 0.3) is 0 Å². The second kappa shape index (κ2) is 4.79. The zero-order valence-electron chi connectivity index (χ0n) is 8.38. The average molecular weight is 283 g/mol. The minimum Gasteiger partial charge on any atom is -0.756 e. The Morgan fingerprint density at radius 2 is 1.88 bits per heavy atom. The van der Waals surface area contributed by atoms with E-state index in [0.29, 0.717) is 0 Å². The lowest BCUT2D eigenvalue weighted by atomic mass is 10.1. The van der Waals surface area contributed by atoms with Gasteiger partial charge in [-0.05, 0) is 12.8 Å². The minimum atomic E-state index is -5.73. The third kappa shape index (κ3) is 4.17. The maximum absolute atomic E-state index is 12.7. The molecule has 0 aromatic carbocycles. The number of alkyl halides is 5. The fourth-order valence-electron chi connectivity index (χ4n) is 1.29. The van der Waals surface area contributed by atoms with Crippen LogP contribution in [0.1, 0.15) is 19.3 Å². The van der Waals surface area contributed by atoms with Gasteiger partial charge in [0.25, 0.3) is 7.82 Å². The van der Waals surface area contributed by atoms with Gasteiger partial charge in [-0.1, -0.05) is 0 Å². The van der Waals surface area contributed by atoms with E-state index in [4.69, 9.17) is 0 Å². The summed E-state index contributed by atoms with van der Waals surface area (Å²) >= 11 is 0. The molecule has 10 heteroatoms. The van der Waals surface area contributed by atoms with Gasteiger partial charge in [-0.2, -0.15) is 22.0 Å². The van der Waals surface area contributed by atoms with Crippen molar-refractivity contribution in [1.82, 2.24) is 0 Å². The molecule has 0 aromatic heterocycles. The highest BCUT2D eigenvalue weighted by Crippen LogP contribution is 2.47. The average Bonchev–Trinajstić information content (AvgIpc) is 2.23. The molecule has 1 saturated heterocycles. The quantitative estimate of drug-likeness (QED) is 0.576. The molecule has 0 bridgehead atoms. The molecule has 2 unspecified atom stereocenters. The lowest BCUT2D eigenvalue weighted by Crippen LogP contribution is -2.40. The lowest BCUT2D eigenvalue weighted by molar-refractivity contribution is -0.292. The number of hydrogen-bond donors (Lipinski definition) is 0. The molecule has 102 valence electrons. The van der Waals surface area contributed by atoms with Crippen molar-refractivity contribution in [2.45, 2.75) is 37.5 Å². The zero-order chi connectivity index (χ0) is 13.3. The summed E-state index contributed by atoms with van der Waals surface area (Å²) in [5, 5.41) is 0. The van der Waals surface area contributed by atoms with Gasteiger partial charge < -0.3 is 13.9 Å². The summed E-state index contributed by atoms with van der Waals surface area (Å²) in [4.78, 5) is 10.9. The first-order valence-electron chi connectivity index (χ1n) is 4.62. The highest BCUT2D eigenvalue weighted by Gasteiger charge is 2.58. The van der Waals surface area contributed by atoms with E-state index < -0.39 is 32.4 Å². The predicted octanol–water partition coefficient (Wildman–Crippen LogP) is 2.24. The lowest BCUT2D eigenvalue weighted by Gasteiger charge is -2.28. The maximum atomic E-state index is 12.7. The Hall–Kier alpha value is -0.240. The largest absolute Gasteiger partial charge is 0.756 e. The first-order valence-corrected chi connectivity index (χ1v) is 6.08. The van der Waals surface area contributed by atoms with Gasteiger partial charge in [-0.3, -0.25) is 4.57 Å². The van der Waals surface area contributed by atoms with Crippen LogP contribution in [-0.4, -0.2) is 24.8 Å². The Kier molecular flexibility index (Phi) is 4.18. The summed E-state index contributed by atoms with van der Waals surface area (Å²) in [6.45, 7) is -0.283. The fraction of sp³-hybridized carbons (Fsp3) is 1.00. The normalized spacial score (nSPS) is 32.2. The van der Waals surface area contributed by atoms with Crippen LogP contribution in [0.4, 0.5) is 22.0 Å². The van der Waals surface area contributed by atoms with Crippen molar-refractivity contribution in [1.29, 1.82) is 0 Å². The van der Waals surface area contributed by atoms with E-state index in [1.807, 2.05) is 0 Å². The molecule has 0 spiro atoms. The van der Waals surface area contributed by atoms with Crippen LogP contribution >= 0.6 is 7.82 Å². The Labute approximate surface area is 93.3 Å². The summed E-state index contributed by atoms with van der Waals surface area (Å²) in [6, 6.07) is 0. The molecule has 0 amide bonds. The van der Waals surface area contributed by atoms with Crippen LogP contribution in [0.5, 0.6) is 0 Å². The predicted molar refractivity (Wildman–Crippen MR) is 43.3 cm³/mol. The summed E-state index contributed by atoms with van der Waals surface area (Å²) < 4.78 is 80.2. The number of hydrogen-bond acceptors (Lipinski definition) is 4. The van der Waals surface area contributed by atoms with Crippen LogP contribution in [0.15, 0.2) is 0 Å². The summed E-state index contributed by atoms with van der Waals surface area (Å²) in [5.74, 6) is -4.98. The van der Waals surface area contributed by atoms with E-state index >= 15 is 0 Å². The first-order chi connectivity index (χ1) is 7.54. The van der Waals surface area contributed by atoms with Crippen molar-refractivity contribution in [2.75, 3.05) is 6.61 Å². The Morgan fingerprint density at radius 1 is 1.29 bits per heavy atom. The van der Waals surface area contributed by atoms with E-state index in [1.165, 1.54) is 0 Å². The first kappa shape index (κ1) is 14.8. The van der Waals surface area contributed by atoms with Gasteiger partial charge in [-0.25, -0.2) is 0 Å². The van der Waals surface area contributed by atoms with Crippen LogP contribution in [0.3, 0.4) is 0 Å². The molecule has 0 aliphatic carbocycles. The summed E-state index contributed by atoms with van der Waals surface area (Å²) in [7, 11) is -4.78. The van der Waals surface area contributed by atoms with Crippen LogP contribution < -0.4 is 4.89 Å². The standard InChI is InChI=1S/C7H10F5O4P/c8-6(9,7(10,11)12)4-5-2-1-3-15-17(13,14)16-5/h5H,1-4H2,(H,13,14)/p-1. The van der Waals surface area contributed by atoms with Gasteiger partial charge in [0.15, 0.2) is 0 Å². The van der Waals surface area contributed by atoms with E-state index in [-0.39, 0.29) is 19.4 Å². The third-order valence-electron chi connectivity index (χ3n) is 2.10. The van der Waals surface area contributed by atoms with Gasteiger partial charge in [0, 0.05) is 6.42 Å². The van der Waals surface area contributed by atoms with Gasteiger partial charge >= 0.3 is 12.1 Å². The summed E-state index contributed by atoms with van der Waals surface area (Å²) in [6.07, 6.45) is -9.39. The van der Waals surface area contributed by atoms with Crippen molar-refractivity contribution in [3.05, 3.63) is 0 Å². The van der Waals surface area contributed by atoms with Gasteiger partial charge in [-0.15, -0.1) is 0 Å². The molecule has 1 fully saturated rings. The van der Waals surface area contributed by atoms with Crippen LogP contribution in [-0.2, 0) is 13.6 Å². The number of halogens is 5. The second-order valence-corrected chi connectivity index (χ2v) is 4.92. The molecule has 1 aliphatic heterocycles. The highest BCUT2D eigenvalue weighted by molar-refractivity contribution is 7.45. The van der Waals surface area contributed by atoms with Crippen molar-refractivity contribution in [3.8, 4) is 0 Å². The Balaban J connectivity index is 2.71. The molecule has 4 nitrogen and oxygen atoms in total. The topological polar surface area (TPSA) is 58.6 Å². The molecule has 1 rings (SSSR count). The van der Waals surface area contributed by atoms with Crippen molar-refractivity contribution < 1.29 is 40.5 Å². The smallest absolute Gasteiger partial charge is 0.453 e. The molecule has 0 radical (unpaired) electrons. The molecule has 0 aromatic rings. The molecule has 0 N–H and O–H groups in total. The van der Waals surface area contributed by atoms with Crippen molar-refractivity contribution in [2.24, 2.45) is 0 Å². The number of phosphoric ester groups is 1. The van der Waals surface area contributed by atoms with Gasteiger partial charge in [0.1, 0.15) is 0 Å². The summed E-state index contributed by atoms with van der Waals surface area (Å²) in [5.41, 5.74) is 0. The highest BCUT2D eigenvalue weighted by atomic mass is 31.2. The van der Waals surface area contributed by atoms with Crippen molar-refractivity contribution in [3.63, 3.8) is 0 Å². The maximum Gasteiger partial charge on any atom is 0.453 e. The molecule has 1 aliphatic rings. The second-order valence-electron chi connectivity index (χ2n) is 3.56. The van der Waals surface area contributed by atoms with E-state index in [2.05, 4.69) is 9.05 Å². The van der Waals surface area contributed by atoms with E-state index in [1.54, 1.807) is 0 Å². The molecule has 1 heterocycles. The zero-order valence-corrected chi connectivity index (χ0v) is 9.27. The SMILES string of the molecule is O=P1([O-])OCCCC(CC(F)(F)C(F)(F)F)O1. The fourth-order valence-corrected chi connectivity index (χ4v) is 2.25. The van der Waals surface area contributed by atoms with E-state index in [0.717, 1.165) is 0 Å².